The summed E-state index contributed by atoms with van der Waals surface area (Å²) in [4.78, 5) is 11.8. The summed E-state index contributed by atoms with van der Waals surface area (Å²) in [7, 11) is 1.35. The Bertz CT molecular complexity index is 975. The molecule has 1 aliphatic rings. The maximum atomic E-state index is 13.7. The minimum atomic E-state index is -3.59. The van der Waals surface area contributed by atoms with Crippen molar-refractivity contribution in [1.82, 2.24) is 9.78 Å². The number of allylic oxidation sites excluding steroid dienone is 4. The number of primary amides is 1. The molecular weight excluding hydrogens is 369 g/mol. The number of nitrogens with two attached hydrogens (primary N) is 1. The minimum Gasteiger partial charge on any atom is -0.365 e. The zero-order valence-corrected chi connectivity index (χ0v) is 14.0. The number of hydrogen-bond acceptors (Lipinski definition) is 2. The molecule has 9 heteroatoms. The van der Waals surface area contributed by atoms with Gasteiger partial charge in [0.2, 0.25) is 0 Å². The third-order valence-electron chi connectivity index (χ3n) is 4.23. The van der Waals surface area contributed by atoms with Gasteiger partial charge < -0.3 is 5.73 Å². The number of carbonyl (C=O) groups excluding carboxylic acids is 1. The van der Waals surface area contributed by atoms with Crippen LogP contribution in [0.3, 0.4) is 0 Å². The fraction of sp³-hybridized carbons (Fsp3) is 0.222. The second kappa shape index (κ2) is 6.64. The Balaban J connectivity index is 2.23. The summed E-state index contributed by atoms with van der Waals surface area (Å²) in [5.74, 6) is -6.29. The van der Waals surface area contributed by atoms with E-state index < -0.39 is 41.8 Å². The van der Waals surface area contributed by atoms with Crippen LogP contribution in [0.4, 0.5) is 22.0 Å². The van der Waals surface area contributed by atoms with E-state index in [1.165, 1.54) is 19.2 Å². The van der Waals surface area contributed by atoms with Gasteiger partial charge >= 0.3 is 5.92 Å². The molecule has 0 bridgehead atoms. The molecule has 0 spiro atoms. The molecule has 0 unspecified atom stereocenters. The molecule has 142 valence electrons. The van der Waals surface area contributed by atoms with Crippen LogP contribution in [0.1, 0.15) is 34.5 Å². The van der Waals surface area contributed by atoms with Crippen LogP contribution in [0.25, 0.3) is 16.8 Å². The molecule has 1 aliphatic carbocycles. The SMILES string of the molecule is Cn1nc(C(F)F)c(C(N)=O)c1-c1ccccc1C1=CCC(F)(F)C(F)=C1. The van der Waals surface area contributed by atoms with Gasteiger partial charge in [0.25, 0.3) is 12.3 Å². The van der Waals surface area contributed by atoms with Gasteiger partial charge in [-0.2, -0.15) is 13.9 Å². The molecule has 0 atom stereocenters. The molecule has 1 amide bonds. The van der Waals surface area contributed by atoms with Crippen LogP contribution < -0.4 is 5.73 Å². The van der Waals surface area contributed by atoms with Crippen LogP contribution in [0, 0.1) is 0 Å². The molecule has 1 aromatic heterocycles. The second-order valence-electron chi connectivity index (χ2n) is 6.00. The van der Waals surface area contributed by atoms with Gasteiger partial charge in [-0.3, -0.25) is 9.48 Å². The van der Waals surface area contributed by atoms with Crippen LogP contribution in [0.2, 0.25) is 0 Å². The highest BCUT2D eigenvalue weighted by molar-refractivity contribution is 6.02. The Morgan fingerprint density at radius 3 is 2.44 bits per heavy atom. The predicted octanol–water partition coefficient (Wildman–Crippen LogP) is 4.40. The van der Waals surface area contributed by atoms with Crippen molar-refractivity contribution in [1.29, 1.82) is 0 Å². The van der Waals surface area contributed by atoms with Gasteiger partial charge in [-0.15, -0.1) is 0 Å². The molecule has 1 aromatic carbocycles. The highest BCUT2D eigenvalue weighted by atomic mass is 19.3. The summed E-state index contributed by atoms with van der Waals surface area (Å²) in [6, 6.07) is 6.14. The van der Waals surface area contributed by atoms with Crippen LogP contribution >= 0.6 is 0 Å². The molecule has 0 saturated carbocycles. The van der Waals surface area contributed by atoms with E-state index in [0.717, 1.165) is 10.8 Å². The summed E-state index contributed by atoms with van der Waals surface area (Å²) in [5.41, 5.74) is 4.71. The molecule has 0 radical (unpaired) electrons. The number of aryl methyl sites for hydroxylation is 1. The zero-order valence-electron chi connectivity index (χ0n) is 14.0. The molecule has 0 aliphatic heterocycles. The predicted molar refractivity (Wildman–Crippen MR) is 88.9 cm³/mol. The monoisotopic (exact) mass is 383 g/mol. The quantitative estimate of drug-likeness (QED) is 0.796. The van der Waals surface area contributed by atoms with Crippen molar-refractivity contribution < 1.29 is 26.7 Å². The van der Waals surface area contributed by atoms with E-state index in [-0.39, 0.29) is 22.4 Å². The minimum absolute atomic E-state index is 0.000409. The molecule has 0 fully saturated rings. The van der Waals surface area contributed by atoms with Crippen LogP contribution in [0.15, 0.2) is 42.2 Å². The van der Waals surface area contributed by atoms with Crippen molar-refractivity contribution >= 4 is 11.5 Å². The van der Waals surface area contributed by atoms with Crippen molar-refractivity contribution in [3.05, 3.63) is 59.1 Å². The third-order valence-corrected chi connectivity index (χ3v) is 4.23. The van der Waals surface area contributed by atoms with Crippen molar-refractivity contribution in [3.8, 4) is 11.3 Å². The van der Waals surface area contributed by atoms with Gasteiger partial charge in [0.05, 0.1) is 11.3 Å². The van der Waals surface area contributed by atoms with Gasteiger partial charge in [0.1, 0.15) is 5.69 Å². The van der Waals surface area contributed by atoms with Gasteiger partial charge in [0, 0.05) is 19.0 Å². The number of hydrogen-bond donors (Lipinski definition) is 1. The van der Waals surface area contributed by atoms with Crippen LogP contribution in [0.5, 0.6) is 0 Å². The summed E-state index contributed by atoms with van der Waals surface area (Å²) < 4.78 is 68.1. The topological polar surface area (TPSA) is 60.9 Å². The fourth-order valence-corrected chi connectivity index (χ4v) is 3.02. The summed E-state index contributed by atoms with van der Waals surface area (Å²) in [5, 5.41) is 3.67. The number of nitrogens with zero attached hydrogens (tertiary/aromatic N) is 2. The Morgan fingerprint density at radius 2 is 1.89 bits per heavy atom. The van der Waals surface area contributed by atoms with Gasteiger partial charge in [0.15, 0.2) is 5.83 Å². The molecule has 1 heterocycles. The maximum Gasteiger partial charge on any atom is 0.302 e. The van der Waals surface area contributed by atoms with Gasteiger partial charge in [-0.25, -0.2) is 13.2 Å². The first-order valence-corrected chi connectivity index (χ1v) is 7.83. The average Bonchev–Trinajstić information content (AvgIpc) is 2.95. The fourth-order valence-electron chi connectivity index (χ4n) is 3.02. The first-order valence-electron chi connectivity index (χ1n) is 7.83. The Labute approximate surface area is 150 Å². The van der Waals surface area contributed by atoms with E-state index in [9.17, 15) is 26.7 Å². The van der Waals surface area contributed by atoms with Crippen LogP contribution in [-0.4, -0.2) is 21.6 Å². The first-order chi connectivity index (χ1) is 12.6. The van der Waals surface area contributed by atoms with Crippen molar-refractivity contribution in [2.75, 3.05) is 0 Å². The number of alkyl halides is 4. The molecule has 0 saturated heterocycles. The molecule has 2 N–H and O–H groups in total. The summed E-state index contributed by atoms with van der Waals surface area (Å²) in [6.45, 7) is 0. The highest BCUT2D eigenvalue weighted by Crippen LogP contribution is 2.40. The number of amides is 1. The largest absolute Gasteiger partial charge is 0.365 e. The van der Waals surface area contributed by atoms with Crippen molar-refractivity contribution in [2.45, 2.75) is 18.8 Å². The molecule has 27 heavy (non-hydrogen) atoms. The van der Waals surface area contributed by atoms with E-state index in [1.807, 2.05) is 0 Å². The van der Waals surface area contributed by atoms with Gasteiger partial charge in [-0.05, 0) is 17.2 Å². The lowest BCUT2D eigenvalue weighted by Gasteiger charge is -2.20. The van der Waals surface area contributed by atoms with Crippen LogP contribution in [-0.2, 0) is 7.05 Å². The molecule has 4 nitrogen and oxygen atoms in total. The van der Waals surface area contributed by atoms with E-state index in [2.05, 4.69) is 5.10 Å². The van der Waals surface area contributed by atoms with Crippen molar-refractivity contribution in [2.24, 2.45) is 12.8 Å². The Morgan fingerprint density at radius 1 is 1.26 bits per heavy atom. The third kappa shape index (κ3) is 3.24. The van der Waals surface area contributed by atoms with E-state index in [1.54, 1.807) is 12.1 Å². The number of carbonyl (C=O) groups is 1. The van der Waals surface area contributed by atoms with E-state index in [4.69, 9.17) is 5.73 Å². The normalized spacial score (nSPS) is 16.3. The lowest BCUT2D eigenvalue weighted by atomic mass is 9.91. The highest BCUT2D eigenvalue weighted by Gasteiger charge is 2.37. The lowest BCUT2D eigenvalue weighted by molar-refractivity contribution is 0.0204. The molecule has 3 rings (SSSR count). The Kier molecular flexibility index (Phi) is 4.63. The summed E-state index contributed by atoms with van der Waals surface area (Å²) >= 11 is 0. The van der Waals surface area contributed by atoms with E-state index >= 15 is 0 Å². The number of aromatic nitrogens is 2. The summed E-state index contributed by atoms with van der Waals surface area (Å²) in [6.07, 6.45) is -2.04. The second-order valence-corrected chi connectivity index (χ2v) is 6.00. The Hall–Kier alpha value is -2.97. The van der Waals surface area contributed by atoms with E-state index in [0.29, 0.717) is 6.08 Å². The maximum absolute atomic E-state index is 13.7. The van der Waals surface area contributed by atoms with Crippen molar-refractivity contribution in [3.63, 3.8) is 0 Å². The number of benzene rings is 1. The smallest absolute Gasteiger partial charge is 0.302 e. The first kappa shape index (κ1) is 18.8. The zero-order chi connectivity index (χ0) is 19.9. The number of halogens is 5. The van der Waals surface area contributed by atoms with Gasteiger partial charge in [-0.1, -0.05) is 30.3 Å². The molecule has 2 aromatic rings. The lowest BCUT2D eigenvalue weighted by Crippen LogP contribution is -2.18. The standard InChI is InChI=1S/C18H14F5N3O/c1-26-15(13(17(24)27)14(25-26)16(20)21)11-5-3-2-4-10(11)9-6-7-18(22,23)12(19)8-9/h2-6,8,16H,7H2,1H3,(H2,24,27). The number of rotatable bonds is 4. The molecular formula is C18H14F5N3O. The average molecular weight is 383 g/mol.